The fourth-order valence-corrected chi connectivity index (χ4v) is 1.08. The number of amides is 1. The Bertz CT molecular complexity index is 365. The summed E-state index contributed by atoms with van der Waals surface area (Å²) in [7, 11) is 0. The zero-order chi connectivity index (χ0) is 10.6. The van der Waals surface area contributed by atoms with E-state index in [2.05, 4.69) is 22.5 Å². The van der Waals surface area contributed by atoms with Crippen LogP contribution >= 0.6 is 12.2 Å². The highest BCUT2D eigenvalue weighted by molar-refractivity contribution is 7.80. The molecule has 1 aromatic rings. The zero-order valence-corrected chi connectivity index (χ0v) is 8.60. The van der Waals surface area contributed by atoms with Crippen molar-refractivity contribution in [2.45, 2.75) is 13.3 Å². The van der Waals surface area contributed by atoms with Gasteiger partial charge in [-0.25, -0.2) is 4.98 Å². The number of carbonyl (C=O) groups excluding carboxylic acids is 1. The molecule has 0 atom stereocenters. The molecule has 0 aliphatic rings. The molecular formula is C9H11N3OS. The lowest BCUT2D eigenvalue weighted by molar-refractivity contribution is -0.115. The first kappa shape index (κ1) is 10.6. The van der Waals surface area contributed by atoms with Crippen LogP contribution in [0.15, 0.2) is 18.3 Å². The fraction of sp³-hybridized carbons (Fsp3) is 0.222. The smallest absolute Gasteiger partial charge is 0.232 e. The Hall–Kier alpha value is -1.49. The molecule has 5 heteroatoms. The van der Waals surface area contributed by atoms with Gasteiger partial charge in [0.1, 0.15) is 5.82 Å². The molecule has 3 N–H and O–H groups in total. The number of aryl methyl sites for hydroxylation is 1. The highest BCUT2D eigenvalue weighted by Crippen LogP contribution is 2.08. The number of hydrogen-bond donors (Lipinski definition) is 2. The van der Waals surface area contributed by atoms with Crippen molar-refractivity contribution in [1.29, 1.82) is 0 Å². The van der Waals surface area contributed by atoms with Gasteiger partial charge in [-0.1, -0.05) is 18.3 Å². The summed E-state index contributed by atoms with van der Waals surface area (Å²) in [4.78, 5) is 15.4. The van der Waals surface area contributed by atoms with E-state index in [4.69, 9.17) is 5.73 Å². The van der Waals surface area contributed by atoms with E-state index in [0.717, 1.165) is 5.56 Å². The lowest BCUT2D eigenvalue weighted by Gasteiger charge is -2.05. The summed E-state index contributed by atoms with van der Waals surface area (Å²) < 4.78 is 0. The van der Waals surface area contributed by atoms with Crippen molar-refractivity contribution in [1.82, 2.24) is 4.98 Å². The van der Waals surface area contributed by atoms with E-state index in [0.29, 0.717) is 5.82 Å². The highest BCUT2D eigenvalue weighted by Gasteiger charge is 2.05. The van der Waals surface area contributed by atoms with E-state index in [-0.39, 0.29) is 17.3 Å². The van der Waals surface area contributed by atoms with Crippen molar-refractivity contribution < 1.29 is 4.79 Å². The summed E-state index contributed by atoms with van der Waals surface area (Å²) in [6.45, 7) is 1.86. The predicted octanol–water partition coefficient (Wildman–Crippen LogP) is 1.00. The Kier molecular flexibility index (Phi) is 3.53. The third-order valence-electron chi connectivity index (χ3n) is 1.60. The largest absolute Gasteiger partial charge is 0.393 e. The van der Waals surface area contributed by atoms with E-state index in [1.807, 2.05) is 13.0 Å². The van der Waals surface area contributed by atoms with Crippen LogP contribution in [-0.4, -0.2) is 15.9 Å². The van der Waals surface area contributed by atoms with Gasteiger partial charge in [0.2, 0.25) is 5.91 Å². The molecule has 0 fully saturated rings. The molecule has 1 rings (SSSR count). The summed E-state index contributed by atoms with van der Waals surface area (Å²) in [5.74, 6) is 0.313. The molecule has 0 saturated heterocycles. The quantitative estimate of drug-likeness (QED) is 0.729. The summed E-state index contributed by atoms with van der Waals surface area (Å²) in [6, 6.07) is 3.67. The molecular weight excluding hydrogens is 198 g/mol. The Morgan fingerprint density at radius 2 is 2.43 bits per heavy atom. The van der Waals surface area contributed by atoms with Gasteiger partial charge in [-0.3, -0.25) is 4.79 Å². The van der Waals surface area contributed by atoms with Gasteiger partial charge >= 0.3 is 0 Å². The van der Waals surface area contributed by atoms with Crippen LogP contribution in [0.3, 0.4) is 0 Å². The first-order valence-corrected chi connectivity index (χ1v) is 4.50. The topological polar surface area (TPSA) is 68.0 Å². The lowest BCUT2D eigenvalue weighted by atomic mass is 10.3. The van der Waals surface area contributed by atoms with Crippen LogP contribution < -0.4 is 11.1 Å². The van der Waals surface area contributed by atoms with E-state index in [1.54, 1.807) is 12.3 Å². The van der Waals surface area contributed by atoms with Crippen LogP contribution in [0.25, 0.3) is 0 Å². The Labute approximate surface area is 87.5 Å². The number of pyridine rings is 1. The molecule has 4 nitrogen and oxygen atoms in total. The van der Waals surface area contributed by atoms with Crippen molar-refractivity contribution in [3.8, 4) is 0 Å². The minimum absolute atomic E-state index is 0.0470. The molecule has 0 saturated carbocycles. The van der Waals surface area contributed by atoms with Gasteiger partial charge in [0.25, 0.3) is 0 Å². The molecule has 74 valence electrons. The maximum absolute atomic E-state index is 11.3. The van der Waals surface area contributed by atoms with Crippen molar-refractivity contribution in [2.75, 3.05) is 5.32 Å². The zero-order valence-electron chi connectivity index (χ0n) is 7.78. The van der Waals surface area contributed by atoms with E-state index in [1.165, 1.54) is 0 Å². The van der Waals surface area contributed by atoms with Gasteiger partial charge in [0, 0.05) is 6.20 Å². The standard InChI is InChI=1S/C9H11N3OS/c1-6-3-2-4-11-9(6)12-8(13)5-7(10)14/h2-4H,5H2,1H3,(H2,10,14)(H,11,12,13). The maximum Gasteiger partial charge on any atom is 0.232 e. The monoisotopic (exact) mass is 209 g/mol. The predicted molar refractivity (Wildman–Crippen MR) is 59.0 cm³/mol. The first-order chi connectivity index (χ1) is 6.59. The third-order valence-corrected chi connectivity index (χ3v) is 1.75. The molecule has 0 bridgehead atoms. The number of nitrogens with one attached hydrogen (secondary N) is 1. The van der Waals surface area contributed by atoms with Crippen molar-refractivity contribution >= 4 is 28.9 Å². The van der Waals surface area contributed by atoms with Crippen LogP contribution in [0.1, 0.15) is 12.0 Å². The van der Waals surface area contributed by atoms with Gasteiger partial charge < -0.3 is 11.1 Å². The Morgan fingerprint density at radius 1 is 1.71 bits per heavy atom. The van der Waals surface area contributed by atoms with Gasteiger partial charge in [0.05, 0.1) is 11.4 Å². The number of anilines is 1. The molecule has 0 unspecified atom stereocenters. The number of carbonyl (C=O) groups is 1. The number of aromatic nitrogens is 1. The summed E-state index contributed by atoms with van der Waals surface area (Å²) in [5, 5.41) is 2.62. The second-order valence-corrected chi connectivity index (χ2v) is 3.38. The molecule has 1 heterocycles. The molecule has 14 heavy (non-hydrogen) atoms. The molecule has 0 radical (unpaired) electrons. The second-order valence-electron chi connectivity index (χ2n) is 2.86. The molecule has 0 aliphatic carbocycles. The van der Waals surface area contributed by atoms with Crippen molar-refractivity contribution in [2.24, 2.45) is 5.73 Å². The summed E-state index contributed by atoms with van der Waals surface area (Å²) >= 11 is 4.62. The van der Waals surface area contributed by atoms with Crippen molar-refractivity contribution in [3.05, 3.63) is 23.9 Å². The SMILES string of the molecule is Cc1cccnc1NC(=O)CC(N)=S. The Balaban J connectivity index is 2.65. The minimum atomic E-state index is -0.237. The normalized spacial score (nSPS) is 9.50. The molecule has 1 amide bonds. The maximum atomic E-state index is 11.3. The van der Waals surface area contributed by atoms with Crippen LogP contribution in [0.2, 0.25) is 0 Å². The Morgan fingerprint density at radius 3 is 3.00 bits per heavy atom. The molecule has 1 aromatic heterocycles. The lowest BCUT2D eigenvalue weighted by Crippen LogP contribution is -2.20. The number of hydrogen-bond acceptors (Lipinski definition) is 3. The van der Waals surface area contributed by atoms with Crippen LogP contribution in [0, 0.1) is 6.92 Å². The van der Waals surface area contributed by atoms with Crippen molar-refractivity contribution in [3.63, 3.8) is 0 Å². The second kappa shape index (κ2) is 4.66. The number of rotatable bonds is 3. The van der Waals surface area contributed by atoms with E-state index in [9.17, 15) is 4.79 Å². The molecule has 0 aliphatic heterocycles. The molecule has 0 aromatic carbocycles. The minimum Gasteiger partial charge on any atom is -0.393 e. The van der Waals surface area contributed by atoms with Gasteiger partial charge in [0.15, 0.2) is 0 Å². The number of nitrogens with two attached hydrogens (primary N) is 1. The third kappa shape index (κ3) is 3.10. The molecule has 0 spiro atoms. The fourth-order valence-electron chi connectivity index (χ4n) is 0.951. The van der Waals surface area contributed by atoms with Crippen LogP contribution in [0.5, 0.6) is 0 Å². The summed E-state index contributed by atoms with van der Waals surface area (Å²) in [6.07, 6.45) is 1.66. The van der Waals surface area contributed by atoms with Gasteiger partial charge in [-0.15, -0.1) is 0 Å². The first-order valence-electron chi connectivity index (χ1n) is 4.09. The van der Waals surface area contributed by atoms with E-state index >= 15 is 0 Å². The number of nitrogens with zero attached hydrogens (tertiary/aromatic N) is 1. The number of thiocarbonyl (C=S) groups is 1. The average Bonchev–Trinajstić information content (AvgIpc) is 2.07. The van der Waals surface area contributed by atoms with Gasteiger partial charge in [-0.05, 0) is 18.6 Å². The highest BCUT2D eigenvalue weighted by atomic mass is 32.1. The van der Waals surface area contributed by atoms with E-state index < -0.39 is 0 Å². The average molecular weight is 209 g/mol. The van der Waals surface area contributed by atoms with Crippen LogP contribution in [0.4, 0.5) is 5.82 Å². The van der Waals surface area contributed by atoms with Crippen LogP contribution in [-0.2, 0) is 4.79 Å². The van der Waals surface area contributed by atoms with Gasteiger partial charge in [-0.2, -0.15) is 0 Å². The summed E-state index contributed by atoms with van der Waals surface area (Å²) in [5.41, 5.74) is 6.14.